The minimum Gasteiger partial charge on any atom is -0.492 e. The molecule has 2 nitrogen and oxygen atoms in total. The Labute approximate surface area is 121 Å². The summed E-state index contributed by atoms with van der Waals surface area (Å²) in [5.74, 6) is 1.87. The molecule has 0 aliphatic heterocycles. The molecule has 1 N–H and O–H groups in total. The second kappa shape index (κ2) is 8.49. The van der Waals surface area contributed by atoms with Gasteiger partial charge < -0.3 is 10.1 Å². The van der Waals surface area contributed by atoms with Gasteiger partial charge in [0, 0.05) is 11.4 Å². The summed E-state index contributed by atoms with van der Waals surface area (Å²) in [7, 11) is 0. The molecule has 2 rings (SSSR count). The third kappa shape index (κ3) is 5.45. The fraction of sp³-hybridized carbons (Fsp3) is 0.625. The van der Waals surface area contributed by atoms with Gasteiger partial charge in [-0.15, -0.1) is 11.8 Å². The minimum absolute atomic E-state index is 0.755. The highest BCUT2D eigenvalue weighted by molar-refractivity contribution is 7.98. The lowest BCUT2D eigenvalue weighted by atomic mass is 9.89. The first-order valence-electron chi connectivity index (χ1n) is 7.36. The highest BCUT2D eigenvalue weighted by Gasteiger charge is 2.12. The second-order valence-electron chi connectivity index (χ2n) is 5.23. The van der Waals surface area contributed by atoms with E-state index in [9.17, 15) is 0 Å². The van der Waals surface area contributed by atoms with Crippen molar-refractivity contribution in [2.45, 2.75) is 37.0 Å². The van der Waals surface area contributed by atoms with Crippen LogP contribution >= 0.6 is 11.8 Å². The van der Waals surface area contributed by atoms with Crippen LogP contribution in [-0.2, 0) is 0 Å². The Morgan fingerprint density at radius 3 is 2.58 bits per heavy atom. The molecule has 0 bridgehead atoms. The monoisotopic (exact) mass is 279 g/mol. The summed E-state index contributed by atoms with van der Waals surface area (Å²) in [6.45, 7) is 2.86. The smallest absolute Gasteiger partial charge is 0.119 e. The highest BCUT2D eigenvalue weighted by Crippen LogP contribution is 2.22. The van der Waals surface area contributed by atoms with Crippen molar-refractivity contribution < 1.29 is 4.74 Å². The molecule has 0 heterocycles. The van der Waals surface area contributed by atoms with Gasteiger partial charge in [0.05, 0.1) is 0 Å². The summed E-state index contributed by atoms with van der Waals surface area (Å²) < 4.78 is 5.72. The van der Waals surface area contributed by atoms with E-state index in [4.69, 9.17) is 4.74 Å². The SMILES string of the molecule is CSc1ccc(OCCNCC2CCCCC2)cc1. The molecule has 0 radical (unpaired) electrons. The molecule has 1 aromatic rings. The van der Waals surface area contributed by atoms with Crippen LogP contribution in [0.15, 0.2) is 29.2 Å². The van der Waals surface area contributed by atoms with E-state index in [1.54, 1.807) is 11.8 Å². The fourth-order valence-corrected chi connectivity index (χ4v) is 3.02. The molecule has 1 aliphatic rings. The summed E-state index contributed by atoms with van der Waals surface area (Å²) in [5.41, 5.74) is 0. The van der Waals surface area contributed by atoms with Crippen LogP contribution < -0.4 is 10.1 Å². The van der Waals surface area contributed by atoms with Crippen molar-refractivity contribution in [3.63, 3.8) is 0 Å². The Morgan fingerprint density at radius 1 is 1.16 bits per heavy atom. The van der Waals surface area contributed by atoms with Gasteiger partial charge in [-0.1, -0.05) is 19.3 Å². The zero-order valence-electron chi connectivity index (χ0n) is 11.9. The van der Waals surface area contributed by atoms with Crippen LogP contribution in [0, 0.1) is 5.92 Å². The van der Waals surface area contributed by atoms with Gasteiger partial charge in [-0.05, 0) is 55.8 Å². The maximum atomic E-state index is 5.72. The largest absolute Gasteiger partial charge is 0.492 e. The van der Waals surface area contributed by atoms with Crippen LogP contribution in [0.2, 0.25) is 0 Å². The molecule has 106 valence electrons. The van der Waals surface area contributed by atoms with Crippen LogP contribution in [0.1, 0.15) is 32.1 Å². The first-order valence-corrected chi connectivity index (χ1v) is 8.58. The van der Waals surface area contributed by atoms with Crippen molar-refractivity contribution in [2.24, 2.45) is 5.92 Å². The van der Waals surface area contributed by atoms with Crippen molar-refractivity contribution in [1.29, 1.82) is 0 Å². The topological polar surface area (TPSA) is 21.3 Å². The molecule has 1 aromatic carbocycles. The molecule has 0 atom stereocenters. The Hall–Kier alpha value is -0.670. The van der Waals surface area contributed by atoms with Gasteiger partial charge in [0.2, 0.25) is 0 Å². The van der Waals surface area contributed by atoms with E-state index in [0.717, 1.165) is 31.4 Å². The van der Waals surface area contributed by atoms with Crippen LogP contribution in [0.4, 0.5) is 0 Å². The molecule has 0 aromatic heterocycles. The second-order valence-corrected chi connectivity index (χ2v) is 6.11. The first-order chi connectivity index (χ1) is 9.38. The zero-order chi connectivity index (χ0) is 13.3. The van der Waals surface area contributed by atoms with Crippen molar-refractivity contribution in [3.05, 3.63) is 24.3 Å². The van der Waals surface area contributed by atoms with Gasteiger partial charge >= 0.3 is 0 Å². The predicted octanol–water partition coefficient (Wildman–Crippen LogP) is 3.96. The Morgan fingerprint density at radius 2 is 1.89 bits per heavy atom. The third-order valence-corrected chi connectivity index (χ3v) is 4.51. The molecule has 1 saturated carbocycles. The maximum absolute atomic E-state index is 5.72. The van der Waals surface area contributed by atoms with E-state index >= 15 is 0 Å². The summed E-state index contributed by atoms with van der Waals surface area (Å²) in [6, 6.07) is 8.31. The number of benzene rings is 1. The van der Waals surface area contributed by atoms with Crippen LogP contribution in [-0.4, -0.2) is 26.0 Å². The fourth-order valence-electron chi connectivity index (χ4n) is 2.61. The van der Waals surface area contributed by atoms with Gasteiger partial charge in [0.25, 0.3) is 0 Å². The molecule has 0 amide bonds. The molecule has 3 heteroatoms. The van der Waals surface area contributed by atoms with E-state index in [1.165, 1.54) is 37.0 Å². The molecule has 19 heavy (non-hydrogen) atoms. The number of thioether (sulfide) groups is 1. The van der Waals surface area contributed by atoms with Gasteiger partial charge in [-0.3, -0.25) is 0 Å². The van der Waals surface area contributed by atoms with Crippen molar-refractivity contribution >= 4 is 11.8 Å². The average Bonchev–Trinajstić information content (AvgIpc) is 2.49. The molecule has 0 unspecified atom stereocenters. The minimum atomic E-state index is 0.755. The summed E-state index contributed by atoms with van der Waals surface area (Å²) in [6.07, 6.45) is 9.18. The standard InChI is InChI=1S/C16H25NOS/c1-19-16-9-7-15(8-10-16)18-12-11-17-13-14-5-3-2-4-6-14/h7-10,14,17H,2-6,11-13H2,1H3. The molecule has 1 fully saturated rings. The zero-order valence-corrected chi connectivity index (χ0v) is 12.7. The number of rotatable bonds is 7. The number of ether oxygens (including phenoxy) is 1. The maximum Gasteiger partial charge on any atom is 0.119 e. The molecular formula is C16H25NOS. The van der Waals surface area contributed by atoms with Crippen molar-refractivity contribution in [3.8, 4) is 5.75 Å². The third-order valence-electron chi connectivity index (χ3n) is 3.76. The van der Waals surface area contributed by atoms with E-state index in [0.29, 0.717) is 0 Å². The summed E-state index contributed by atoms with van der Waals surface area (Å²) >= 11 is 1.76. The lowest BCUT2D eigenvalue weighted by Crippen LogP contribution is -2.28. The Bertz CT molecular complexity index is 346. The number of hydrogen-bond acceptors (Lipinski definition) is 3. The Balaban J connectivity index is 1.55. The molecule has 0 saturated heterocycles. The number of hydrogen-bond donors (Lipinski definition) is 1. The number of nitrogens with one attached hydrogen (secondary N) is 1. The van der Waals surface area contributed by atoms with Crippen LogP contribution in [0.3, 0.4) is 0 Å². The highest BCUT2D eigenvalue weighted by atomic mass is 32.2. The Kier molecular flexibility index (Phi) is 6.58. The molecule has 0 spiro atoms. The predicted molar refractivity (Wildman–Crippen MR) is 83.2 cm³/mol. The van der Waals surface area contributed by atoms with Crippen LogP contribution in [0.5, 0.6) is 5.75 Å². The van der Waals surface area contributed by atoms with E-state index in [2.05, 4.69) is 23.7 Å². The van der Waals surface area contributed by atoms with E-state index < -0.39 is 0 Å². The van der Waals surface area contributed by atoms with Crippen molar-refractivity contribution in [2.75, 3.05) is 26.0 Å². The van der Waals surface area contributed by atoms with E-state index in [-0.39, 0.29) is 0 Å². The quantitative estimate of drug-likeness (QED) is 0.603. The first kappa shape index (κ1) is 14.7. The van der Waals surface area contributed by atoms with E-state index in [1.807, 2.05) is 12.1 Å². The average molecular weight is 279 g/mol. The molecule has 1 aliphatic carbocycles. The van der Waals surface area contributed by atoms with Gasteiger partial charge in [0.1, 0.15) is 12.4 Å². The van der Waals surface area contributed by atoms with Gasteiger partial charge in [-0.2, -0.15) is 0 Å². The summed E-state index contributed by atoms with van der Waals surface area (Å²) in [5, 5.41) is 3.52. The van der Waals surface area contributed by atoms with Crippen molar-refractivity contribution in [1.82, 2.24) is 5.32 Å². The normalized spacial score (nSPS) is 16.5. The van der Waals surface area contributed by atoms with Gasteiger partial charge in [0.15, 0.2) is 0 Å². The van der Waals surface area contributed by atoms with Crippen LogP contribution in [0.25, 0.3) is 0 Å². The lowest BCUT2D eigenvalue weighted by Gasteiger charge is -2.21. The lowest BCUT2D eigenvalue weighted by molar-refractivity contribution is 0.294. The van der Waals surface area contributed by atoms with Gasteiger partial charge in [-0.25, -0.2) is 0 Å². The summed E-state index contributed by atoms with van der Waals surface area (Å²) in [4.78, 5) is 1.28. The molecular weight excluding hydrogens is 254 g/mol.